The van der Waals surface area contributed by atoms with Gasteiger partial charge in [0.15, 0.2) is 5.84 Å². The molecule has 0 aromatic rings. The van der Waals surface area contributed by atoms with Gasteiger partial charge in [0.05, 0.1) is 6.54 Å². The highest BCUT2D eigenvalue weighted by atomic mass is 32.2. The van der Waals surface area contributed by atoms with Gasteiger partial charge in [-0.3, -0.25) is 0 Å². The Hall–Kier alpha value is -0.860. The Kier molecular flexibility index (Phi) is 4.98. The van der Waals surface area contributed by atoms with Gasteiger partial charge in [0.1, 0.15) is 0 Å². The first kappa shape index (κ1) is 14.1. The maximum Gasteiger partial charge on any atom is 0.282 e. The van der Waals surface area contributed by atoms with Crippen molar-refractivity contribution >= 4 is 16.0 Å². The molecule has 0 aliphatic heterocycles. The van der Waals surface area contributed by atoms with E-state index >= 15 is 0 Å². The molecule has 0 atom stereocenters. The minimum absolute atomic E-state index is 0.130. The van der Waals surface area contributed by atoms with Crippen molar-refractivity contribution in [2.24, 2.45) is 10.9 Å². The molecule has 3 N–H and O–H groups in total. The molecule has 7 nitrogen and oxygen atoms in total. The van der Waals surface area contributed by atoms with Crippen LogP contribution >= 0.6 is 0 Å². The zero-order chi connectivity index (χ0) is 12.2. The Labute approximate surface area is 90.3 Å². The van der Waals surface area contributed by atoms with E-state index in [1.54, 1.807) is 13.8 Å². The fraction of sp³-hybridized carbons (Fsp3) is 0.857. The second-order valence-corrected chi connectivity index (χ2v) is 5.62. The molecule has 0 heterocycles. The second kappa shape index (κ2) is 5.29. The molecule has 0 fully saturated rings. The molecule has 0 aliphatic rings. The summed E-state index contributed by atoms with van der Waals surface area (Å²) in [5.74, 6) is -0.144. The molecular weight excluding hydrogens is 220 g/mol. The number of nitrogens with two attached hydrogens (primary N) is 1. The van der Waals surface area contributed by atoms with Crippen LogP contribution in [-0.4, -0.2) is 54.8 Å². The number of hydrogen-bond donors (Lipinski definition) is 2. The van der Waals surface area contributed by atoms with Crippen LogP contribution in [0.3, 0.4) is 0 Å². The van der Waals surface area contributed by atoms with Crippen LogP contribution in [0.2, 0.25) is 0 Å². The number of amidine groups is 1. The summed E-state index contributed by atoms with van der Waals surface area (Å²) in [5, 5.41) is 11.2. The lowest BCUT2D eigenvalue weighted by Gasteiger charge is -2.27. The van der Waals surface area contributed by atoms with Gasteiger partial charge in [0, 0.05) is 20.1 Å². The molecule has 0 saturated heterocycles. The van der Waals surface area contributed by atoms with Crippen LogP contribution in [0.4, 0.5) is 0 Å². The monoisotopic (exact) mass is 238 g/mol. The Bertz CT molecular complexity index is 323. The third-order valence-electron chi connectivity index (χ3n) is 1.78. The largest absolute Gasteiger partial charge is 0.409 e. The van der Waals surface area contributed by atoms with Crippen molar-refractivity contribution in [1.82, 2.24) is 8.61 Å². The normalized spacial score (nSPS) is 14.2. The SMILES string of the molecule is CC(C)N(CC(N)=NO)S(=O)(=O)N(C)C. The Morgan fingerprint density at radius 2 is 1.93 bits per heavy atom. The van der Waals surface area contributed by atoms with Gasteiger partial charge >= 0.3 is 0 Å². The third-order valence-corrected chi connectivity index (χ3v) is 3.85. The average Bonchev–Trinajstić information content (AvgIpc) is 2.12. The first-order valence-corrected chi connectivity index (χ1v) is 5.78. The predicted molar refractivity (Wildman–Crippen MR) is 57.9 cm³/mol. The summed E-state index contributed by atoms with van der Waals surface area (Å²) in [4.78, 5) is 0. The molecule has 0 aliphatic carbocycles. The van der Waals surface area contributed by atoms with Crippen LogP contribution in [0.1, 0.15) is 13.8 Å². The highest BCUT2D eigenvalue weighted by Crippen LogP contribution is 2.08. The molecule has 8 heteroatoms. The fourth-order valence-electron chi connectivity index (χ4n) is 0.932. The van der Waals surface area contributed by atoms with Crippen molar-refractivity contribution in [1.29, 1.82) is 0 Å². The van der Waals surface area contributed by atoms with Crippen LogP contribution in [0, 0.1) is 0 Å². The molecule has 0 saturated carbocycles. The fourth-order valence-corrected chi connectivity index (χ4v) is 2.18. The lowest BCUT2D eigenvalue weighted by atomic mass is 10.4. The molecule has 0 amide bonds. The number of nitrogens with zero attached hydrogens (tertiary/aromatic N) is 3. The molecule has 0 aromatic heterocycles. The molecule has 0 aromatic carbocycles. The Morgan fingerprint density at radius 1 is 1.47 bits per heavy atom. The molecular formula is C7H18N4O3S. The first-order chi connectivity index (χ1) is 6.73. The van der Waals surface area contributed by atoms with Crippen molar-refractivity contribution < 1.29 is 13.6 Å². The van der Waals surface area contributed by atoms with Crippen LogP contribution in [0.25, 0.3) is 0 Å². The van der Waals surface area contributed by atoms with E-state index in [1.807, 2.05) is 0 Å². The van der Waals surface area contributed by atoms with E-state index in [0.717, 1.165) is 8.61 Å². The number of rotatable bonds is 5. The summed E-state index contributed by atoms with van der Waals surface area (Å²) in [6.45, 7) is 3.30. The third kappa shape index (κ3) is 3.65. The summed E-state index contributed by atoms with van der Waals surface area (Å²) in [6, 6.07) is -0.266. The van der Waals surface area contributed by atoms with Gasteiger partial charge < -0.3 is 10.9 Å². The lowest BCUT2D eigenvalue weighted by molar-refractivity contribution is 0.309. The standard InChI is InChI=1S/C7H18N4O3S/c1-6(2)11(5-7(8)9-12)15(13,14)10(3)4/h6,12H,5H2,1-4H3,(H2,8,9). The van der Waals surface area contributed by atoms with Gasteiger partial charge in [-0.1, -0.05) is 5.16 Å². The molecule has 0 rings (SSSR count). The van der Waals surface area contributed by atoms with Gasteiger partial charge in [-0.15, -0.1) is 0 Å². The highest BCUT2D eigenvalue weighted by Gasteiger charge is 2.27. The van der Waals surface area contributed by atoms with Crippen molar-refractivity contribution in [2.45, 2.75) is 19.9 Å². The van der Waals surface area contributed by atoms with E-state index in [2.05, 4.69) is 5.16 Å². The van der Waals surface area contributed by atoms with E-state index in [-0.39, 0.29) is 18.4 Å². The zero-order valence-corrected chi connectivity index (χ0v) is 10.2. The van der Waals surface area contributed by atoms with E-state index in [1.165, 1.54) is 14.1 Å². The molecule has 0 radical (unpaired) electrons. The Morgan fingerprint density at radius 3 is 2.20 bits per heavy atom. The number of oxime groups is 1. The van der Waals surface area contributed by atoms with Gasteiger partial charge in [0.25, 0.3) is 10.2 Å². The Balaban J connectivity index is 5.00. The van der Waals surface area contributed by atoms with Gasteiger partial charge in [-0.05, 0) is 13.8 Å². The predicted octanol–water partition coefficient (Wildman–Crippen LogP) is -0.750. The summed E-state index contributed by atoms with van der Waals surface area (Å²) in [7, 11) is -0.694. The lowest BCUT2D eigenvalue weighted by Crippen LogP contribution is -2.47. The number of hydrogen-bond acceptors (Lipinski definition) is 4. The van der Waals surface area contributed by atoms with Crippen LogP contribution in [-0.2, 0) is 10.2 Å². The molecule has 0 spiro atoms. The molecule has 0 bridgehead atoms. The van der Waals surface area contributed by atoms with Crippen molar-refractivity contribution in [3.8, 4) is 0 Å². The van der Waals surface area contributed by atoms with Crippen molar-refractivity contribution in [2.75, 3.05) is 20.6 Å². The van der Waals surface area contributed by atoms with Gasteiger partial charge in [-0.2, -0.15) is 17.0 Å². The van der Waals surface area contributed by atoms with E-state index < -0.39 is 10.2 Å². The zero-order valence-electron chi connectivity index (χ0n) is 9.38. The quantitative estimate of drug-likeness (QED) is 0.285. The van der Waals surface area contributed by atoms with Crippen molar-refractivity contribution in [3.05, 3.63) is 0 Å². The molecule has 15 heavy (non-hydrogen) atoms. The highest BCUT2D eigenvalue weighted by molar-refractivity contribution is 7.86. The average molecular weight is 238 g/mol. The van der Waals surface area contributed by atoms with Crippen LogP contribution in [0.5, 0.6) is 0 Å². The summed E-state index contributed by atoms with van der Waals surface area (Å²) in [5.41, 5.74) is 5.28. The molecule has 90 valence electrons. The smallest absolute Gasteiger partial charge is 0.282 e. The van der Waals surface area contributed by atoms with Crippen LogP contribution < -0.4 is 5.73 Å². The van der Waals surface area contributed by atoms with Gasteiger partial charge in [0.2, 0.25) is 0 Å². The minimum atomic E-state index is -3.55. The summed E-state index contributed by atoms with van der Waals surface area (Å²) < 4.78 is 25.8. The summed E-state index contributed by atoms with van der Waals surface area (Å²) >= 11 is 0. The van der Waals surface area contributed by atoms with Crippen LogP contribution in [0.15, 0.2) is 5.16 Å². The van der Waals surface area contributed by atoms with E-state index in [9.17, 15) is 8.42 Å². The second-order valence-electron chi connectivity index (χ2n) is 3.52. The summed E-state index contributed by atoms with van der Waals surface area (Å²) in [6.07, 6.45) is 0. The van der Waals surface area contributed by atoms with E-state index in [0.29, 0.717) is 0 Å². The maximum atomic E-state index is 11.8. The molecule has 0 unspecified atom stereocenters. The van der Waals surface area contributed by atoms with Gasteiger partial charge in [-0.25, -0.2) is 0 Å². The minimum Gasteiger partial charge on any atom is -0.409 e. The topological polar surface area (TPSA) is 99.2 Å². The van der Waals surface area contributed by atoms with E-state index in [4.69, 9.17) is 10.9 Å². The maximum absolute atomic E-state index is 11.8. The van der Waals surface area contributed by atoms with Crippen molar-refractivity contribution in [3.63, 3.8) is 0 Å². The first-order valence-electron chi connectivity index (χ1n) is 4.39.